The third-order valence-corrected chi connectivity index (χ3v) is 7.45. The maximum atomic E-state index is 13.7. The molecule has 0 aliphatic carbocycles. The van der Waals surface area contributed by atoms with Gasteiger partial charge >= 0.3 is 0 Å². The quantitative estimate of drug-likeness (QED) is 0.221. The van der Waals surface area contributed by atoms with Gasteiger partial charge in [-0.1, -0.05) is 60.7 Å². The number of hydrogen-bond acceptors (Lipinski definition) is 4. The van der Waals surface area contributed by atoms with Crippen LogP contribution in [0, 0.1) is 0 Å². The lowest BCUT2D eigenvalue weighted by atomic mass is 10.1. The van der Waals surface area contributed by atoms with Crippen molar-refractivity contribution in [3.05, 3.63) is 132 Å². The topological polar surface area (TPSA) is 46.8 Å². The van der Waals surface area contributed by atoms with Crippen LogP contribution in [0.1, 0.15) is 11.3 Å². The number of ether oxygens (including phenoxy) is 1. The fraction of sp³-hybridized carbons (Fsp3) is 0.0625. The van der Waals surface area contributed by atoms with Crippen LogP contribution in [0.15, 0.2) is 125 Å². The average molecular weight is 516 g/mol. The molecule has 6 rings (SSSR count). The second-order valence-corrected chi connectivity index (χ2v) is 9.92. The molecule has 186 valence electrons. The van der Waals surface area contributed by atoms with Gasteiger partial charge in [0.15, 0.2) is 5.17 Å². The minimum Gasteiger partial charge on any atom is -0.497 e. The largest absolute Gasteiger partial charge is 0.497 e. The number of aliphatic imine (C=N–C) groups is 1. The second kappa shape index (κ2) is 10.4. The van der Waals surface area contributed by atoms with Gasteiger partial charge in [-0.05, 0) is 82.7 Å². The molecule has 1 amide bonds. The van der Waals surface area contributed by atoms with E-state index in [1.807, 2.05) is 91.1 Å². The molecule has 4 aromatic carbocycles. The Bertz CT molecular complexity index is 1670. The van der Waals surface area contributed by atoms with E-state index in [0.29, 0.717) is 16.6 Å². The Morgan fingerprint density at radius 2 is 1.61 bits per heavy atom. The molecule has 1 aliphatic rings. The van der Waals surface area contributed by atoms with Gasteiger partial charge in [0.1, 0.15) is 5.75 Å². The molecule has 1 fully saturated rings. The predicted octanol–water partition coefficient (Wildman–Crippen LogP) is 7.44. The Morgan fingerprint density at radius 3 is 2.39 bits per heavy atom. The summed E-state index contributed by atoms with van der Waals surface area (Å²) >= 11 is 1.40. The van der Waals surface area contributed by atoms with E-state index >= 15 is 0 Å². The van der Waals surface area contributed by atoms with Crippen LogP contribution in [0.3, 0.4) is 0 Å². The molecule has 38 heavy (non-hydrogen) atoms. The number of carbonyl (C=O) groups excluding carboxylic acids is 1. The molecular formula is C32H25N3O2S. The Morgan fingerprint density at radius 1 is 0.842 bits per heavy atom. The molecule has 0 unspecified atom stereocenters. The van der Waals surface area contributed by atoms with Crippen molar-refractivity contribution in [2.75, 3.05) is 7.11 Å². The average Bonchev–Trinajstić information content (AvgIpc) is 3.54. The fourth-order valence-electron chi connectivity index (χ4n) is 4.47. The molecular weight excluding hydrogens is 490 g/mol. The lowest BCUT2D eigenvalue weighted by Gasteiger charge is -2.16. The third kappa shape index (κ3) is 4.86. The summed E-state index contributed by atoms with van der Waals surface area (Å²) in [7, 11) is 1.64. The van der Waals surface area contributed by atoms with Crippen LogP contribution < -0.4 is 4.74 Å². The van der Waals surface area contributed by atoms with E-state index < -0.39 is 0 Å². The molecule has 0 spiro atoms. The molecule has 0 radical (unpaired) electrons. The number of amidine groups is 1. The minimum absolute atomic E-state index is 0.0632. The number of amides is 1. The second-order valence-electron chi connectivity index (χ2n) is 8.91. The number of methoxy groups -OCH3 is 1. The van der Waals surface area contributed by atoms with Crippen molar-refractivity contribution < 1.29 is 9.53 Å². The lowest BCUT2D eigenvalue weighted by molar-refractivity contribution is -0.122. The van der Waals surface area contributed by atoms with Crippen molar-refractivity contribution in [2.45, 2.75) is 6.54 Å². The summed E-state index contributed by atoms with van der Waals surface area (Å²) in [4.78, 5) is 20.9. The minimum atomic E-state index is -0.0632. The number of carbonyl (C=O) groups is 1. The lowest BCUT2D eigenvalue weighted by Crippen LogP contribution is -2.28. The number of aromatic nitrogens is 1. The molecule has 5 nitrogen and oxygen atoms in total. The molecule has 1 aromatic heterocycles. The Balaban J connectivity index is 1.35. The molecule has 0 N–H and O–H groups in total. The smallest absolute Gasteiger partial charge is 0.267 e. The van der Waals surface area contributed by atoms with Crippen molar-refractivity contribution in [3.63, 3.8) is 0 Å². The molecule has 1 saturated heterocycles. The normalized spacial score (nSPS) is 15.6. The standard InChI is InChI=1S/C32H25N3O2S/c1-37-29-17-13-23(14-18-29)22-35-31(36)30(38-32(35)33-26-10-3-2-4-11-26)21-27-12-7-19-34(27)28-16-15-24-8-5-6-9-25(24)20-28/h2-21H,22H2,1H3/b30-21-,33-32?. The highest BCUT2D eigenvalue weighted by Gasteiger charge is 2.33. The van der Waals surface area contributed by atoms with Gasteiger partial charge in [0.2, 0.25) is 0 Å². The molecule has 6 heteroatoms. The first-order valence-electron chi connectivity index (χ1n) is 12.3. The Hall–Kier alpha value is -4.55. The van der Waals surface area contributed by atoms with Crippen molar-refractivity contribution in [1.82, 2.24) is 9.47 Å². The first kappa shape index (κ1) is 23.8. The van der Waals surface area contributed by atoms with Crippen molar-refractivity contribution >= 4 is 45.4 Å². The van der Waals surface area contributed by atoms with Gasteiger partial charge in [-0.15, -0.1) is 0 Å². The number of hydrogen-bond donors (Lipinski definition) is 0. The predicted molar refractivity (Wildman–Crippen MR) is 156 cm³/mol. The van der Waals surface area contributed by atoms with E-state index in [1.165, 1.54) is 22.5 Å². The summed E-state index contributed by atoms with van der Waals surface area (Å²) in [6, 6.07) is 36.2. The van der Waals surface area contributed by atoms with E-state index in [4.69, 9.17) is 9.73 Å². The van der Waals surface area contributed by atoms with E-state index in [1.54, 1.807) is 12.0 Å². The SMILES string of the molecule is COc1ccc(CN2C(=O)/C(=C/c3cccn3-c3ccc4ccccc4c3)SC2=Nc2ccccc2)cc1. The summed E-state index contributed by atoms with van der Waals surface area (Å²) in [5, 5.41) is 3.03. The van der Waals surface area contributed by atoms with Crippen molar-refractivity contribution in [3.8, 4) is 11.4 Å². The summed E-state index contributed by atoms with van der Waals surface area (Å²) in [6.07, 6.45) is 3.98. The molecule has 0 saturated carbocycles. The van der Waals surface area contributed by atoms with Crippen LogP contribution in [0.4, 0.5) is 5.69 Å². The van der Waals surface area contributed by atoms with Crippen LogP contribution in [0.2, 0.25) is 0 Å². The van der Waals surface area contributed by atoms with Gasteiger partial charge in [-0.25, -0.2) is 4.99 Å². The monoisotopic (exact) mass is 515 g/mol. The van der Waals surface area contributed by atoms with Gasteiger partial charge < -0.3 is 9.30 Å². The summed E-state index contributed by atoms with van der Waals surface area (Å²) in [5.74, 6) is 0.718. The zero-order valence-corrected chi connectivity index (χ0v) is 21.6. The number of benzene rings is 4. The first-order valence-corrected chi connectivity index (χ1v) is 13.1. The molecule has 2 heterocycles. The summed E-state index contributed by atoms with van der Waals surface area (Å²) in [6.45, 7) is 0.421. The van der Waals surface area contributed by atoms with Gasteiger partial charge in [0.05, 0.1) is 24.2 Å². The van der Waals surface area contributed by atoms with E-state index in [-0.39, 0.29) is 5.91 Å². The zero-order chi connectivity index (χ0) is 25.9. The van der Waals surface area contributed by atoms with Crippen LogP contribution in [0.25, 0.3) is 22.5 Å². The number of rotatable bonds is 6. The van der Waals surface area contributed by atoms with E-state index in [0.717, 1.165) is 28.4 Å². The molecule has 1 aliphatic heterocycles. The van der Waals surface area contributed by atoms with Crippen LogP contribution >= 0.6 is 11.8 Å². The van der Waals surface area contributed by atoms with Crippen LogP contribution in [0.5, 0.6) is 5.75 Å². The summed E-state index contributed by atoms with van der Waals surface area (Å²) < 4.78 is 7.39. The highest BCUT2D eigenvalue weighted by atomic mass is 32.2. The number of nitrogens with zero attached hydrogens (tertiary/aromatic N) is 3. The first-order chi connectivity index (χ1) is 18.7. The molecule has 0 bridgehead atoms. The molecule has 5 aromatic rings. The Kier molecular flexibility index (Phi) is 6.54. The van der Waals surface area contributed by atoms with Crippen LogP contribution in [-0.2, 0) is 11.3 Å². The van der Waals surface area contributed by atoms with Gasteiger partial charge in [0, 0.05) is 17.6 Å². The number of thioether (sulfide) groups is 1. The zero-order valence-electron chi connectivity index (χ0n) is 20.8. The maximum Gasteiger partial charge on any atom is 0.267 e. The van der Waals surface area contributed by atoms with Crippen molar-refractivity contribution in [1.29, 1.82) is 0 Å². The maximum absolute atomic E-state index is 13.7. The Labute approximate surface area is 225 Å². The van der Waals surface area contributed by atoms with Gasteiger partial charge in [-0.2, -0.15) is 0 Å². The molecule has 0 atom stereocenters. The fourth-order valence-corrected chi connectivity index (χ4v) is 5.45. The van der Waals surface area contributed by atoms with E-state index in [2.05, 4.69) is 34.9 Å². The van der Waals surface area contributed by atoms with Gasteiger partial charge in [-0.3, -0.25) is 9.69 Å². The van der Waals surface area contributed by atoms with Gasteiger partial charge in [0.25, 0.3) is 5.91 Å². The van der Waals surface area contributed by atoms with Crippen LogP contribution in [-0.4, -0.2) is 27.7 Å². The highest BCUT2D eigenvalue weighted by molar-refractivity contribution is 8.18. The van der Waals surface area contributed by atoms with Crippen molar-refractivity contribution in [2.24, 2.45) is 4.99 Å². The van der Waals surface area contributed by atoms with E-state index in [9.17, 15) is 4.79 Å². The summed E-state index contributed by atoms with van der Waals surface area (Å²) in [5.41, 5.74) is 3.79. The number of para-hydroxylation sites is 1. The third-order valence-electron chi connectivity index (χ3n) is 6.44. The number of fused-ring (bicyclic) bond motifs is 1. The highest BCUT2D eigenvalue weighted by Crippen LogP contribution is 2.36.